The van der Waals surface area contributed by atoms with Crippen molar-refractivity contribution < 1.29 is 27.1 Å². The average molecular weight is 481 g/mol. The van der Waals surface area contributed by atoms with Crippen LogP contribution in [0, 0.1) is 11.6 Å². The van der Waals surface area contributed by atoms with Crippen LogP contribution >= 0.6 is 0 Å². The van der Waals surface area contributed by atoms with Crippen LogP contribution in [0.15, 0.2) is 59.9 Å². The van der Waals surface area contributed by atoms with Gasteiger partial charge in [-0.3, -0.25) is 0 Å². The van der Waals surface area contributed by atoms with Crippen molar-refractivity contribution >= 4 is 0 Å². The summed E-state index contributed by atoms with van der Waals surface area (Å²) in [6.07, 6.45) is -2.13. The van der Waals surface area contributed by atoms with Gasteiger partial charge in [0.15, 0.2) is 0 Å². The molecule has 0 saturated heterocycles. The molecule has 14 heteroatoms. The van der Waals surface area contributed by atoms with Gasteiger partial charge in [-0.25, -0.2) is 23.2 Å². The van der Waals surface area contributed by atoms with Crippen molar-refractivity contribution in [2.45, 2.75) is 31.3 Å². The summed E-state index contributed by atoms with van der Waals surface area (Å²) in [6.45, 7) is 0.962. The third-order valence-corrected chi connectivity index (χ3v) is 5.37. The van der Waals surface area contributed by atoms with Gasteiger partial charge < -0.3 is 5.11 Å². The Morgan fingerprint density at radius 1 is 1.06 bits per heavy atom. The van der Waals surface area contributed by atoms with Crippen LogP contribution in [0.5, 0.6) is 0 Å². The van der Waals surface area contributed by atoms with Crippen LogP contribution in [0.2, 0.25) is 0 Å². The van der Waals surface area contributed by atoms with Crippen molar-refractivity contribution in [2.24, 2.45) is 0 Å². The third kappa shape index (κ3) is 4.19. The zero-order valence-corrected chi connectivity index (χ0v) is 17.4. The number of halogens is 5. The van der Waals surface area contributed by atoms with Gasteiger partial charge in [-0.2, -0.15) is 27.6 Å². The van der Waals surface area contributed by atoms with Crippen molar-refractivity contribution in [1.29, 1.82) is 0 Å². The summed E-state index contributed by atoms with van der Waals surface area (Å²) in [5, 5.41) is 22.8. The molecule has 2 aromatic heterocycles. The molecule has 178 valence electrons. The first-order valence-electron chi connectivity index (χ1n) is 9.73. The third-order valence-electron chi connectivity index (χ3n) is 5.37. The number of aromatic nitrogens is 7. The first-order chi connectivity index (χ1) is 16.0. The highest BCUT2D eigenvalue weighted by Crippen LogP contribution is 2.36. The summed E-state index contributed by atoms with van der Waals surface area (Å²) in [4.78, 5) is 16.8. The fourth-order valence-corrected chi connectivity index (χ4v) is 3.50. The minimum Gasteiger partial charge on any atom is -0.381 e. The Morgan fingerprint density at radius 3 is 2.35 bits per heavy atom. The Labute approximate surface area is 187 Å². The van der Waals surface area contributed by atoms with E-state index in [-0.39, 0.29) is 11.3 Å². The standard InChI is InChI=1S/C20H16F5N7O2/c1-12(19(34,9-30-11-26-10-27-30)16-7-4-14(21)8-17(16)22)31-18(33)32(29-28-31)15-5-2-13(3-6-15)20(23,24)25/h2-8,10-12,34H,9H2,1H3/t12-,19-/m1/s1. The number of tetrazole rings is 1. The largest absolute Gasteiger partial charge is 0.416 e. The van der Waals surface area contributed by atoms with Crippen molar-refractivity contribution in [3.63, 3.8) is 0 Å². The Balaban J connectivity index is 1.76. The lowest BCUT2D eigenvalue weighted by molar-refractivity contribution is -0.137. The molecule has 0 aliphatic rings. The predicted octanol–water partition coefficient (Wildman–Crippen LogP) is 2.47. The minimum atomic E-state index is -4.56. The zero-order chi connectivity index (χ0) is 24.7. The first kappa shape index (κ1) is 23.2. The molecule has 34 heavy (non-hydrogen) atoms. The Hall–Kier alpha value is -3.94. The van der Waals surface area contributed by atoms with Gasteiger partial charge in [0, 0.05) is 11.6 Å². The summed E-state index contributed by atoms with van der Waals surface area (Å²) in [5.74, 6) is -1.94. The molecule has 2 atom stereocenters. The van der Waals surface area contributed by atoms with E-state index in [0.717, 1.165) is 45.8 Å². The molecule has 2 heterocycles. The summed E-state index contributed by atoms with van der Waals surface area (Å²) in [5.41, 5.74) is -4.36. The van der Waals surface area contributed by atoms with Crippen molar-refractivity contribution in [3.05, 3.63) is 88.4 Å². The molecule has 0 aliphatic carbocycles. The molecule has 0 unspecified atom stereocenters. The maximum Gasteiger partial charge on any atom is 0.416 e. The predicted molar refractivity (Wildman–Crippen MR) is 106 cm³/mol. The normalized spacial score (nSPS) is 14.7. The molecule has 0 saturated carbocycles. The van der Waals surface area contributed by atoms with Crippen molar-refractivity contribution in [1.82, 2.24) is 34.6 Å². The van der Waals surface area contributed by atoms with Crippen LogP contribution in [-0.2, 0) is 18.3 Å². The summed E-state index contributed by atoms with van der Waals surface area (Å²) in [7, 11) is 0. The van der Waals surface area contributed by atoms with Gasteiger partial charge in [-0.15, -0.1) is 0 Å². The van der Waals surface area contributed by atoms with Gasteiger partial charge in [0.1, 0.15) is 29.9 Å². The van der Waals surface area contributed by atoms with Gasteiger partial charge in [0.2, 0.25) is 0 Å². The lowest BCUT2D eigenvalue weighted by Crippen LogP contribution is -2.44. The molecule has 4 aromatic rings. The molecule has 0 radical (unpaired) electrons. The van der Waals surface area contributed by atoms with Crippen molar-refractivity contribution in [3.8, 4) is 5.69 Å². The zero-order valence-electron chi connectivity index (χ0n) is 17.4. The molecular weight excluding hydrogens is 465 g/mol. The molecule has 9 nitrogen and oxygen atoms in total. The molecule has 2 aromatic carbocycles. The average Bonchev–Trinajstić information content (AvgIpc) is 3.42. The molecule has 0 spiro atoms. The Morgan fingerprint density at radius 2 is 1.76 bits per heavy atom. The van der Waals surface area contributed by atoms with E-state index in [9.17, 15) is 31.9 Å². The Bertz CT molecular complexity index is 1350. The van der Waals surface area contributed by atoms with Crippen LogP contribution in [-0.4, -0.2) is 39.7 Å². The molecule has 0 bridgehead atoms. The highest BCUT2D eigenvalue weighted by Gasteiger charge is 2.42. The van der Waals surface area contributed by atoms with E-state index in [4.69, 9.17) is 0 Å². The van der Waals surface area contributed by atoms with E-state index in [1.54, 1.807) is 0 Å². The molecule has 0 aliphatic heterocycles. The SMILES string of the molecule is C[C@@H](n1nnn(-c2ccc(C(F)(F)F)cc2)c1=O)[C@](O)(Cn1cncn1)c1ccc(F)cc1F. The second-order valence-corrected chi connectivity index (χ2v) is 7.48. The van der Waals surface area contributed by atoms with Gasteiger partial charge in [-0.05, 0) is 47.7 Å². The summed E-state index contributed by atoms with van der Waals surface area (Å²) in [6, 6.07) is 4.90. The number of aliphatic hydroxyl groups is 1. The molecular formula is C20H16F5N7O2. The molecule has 1 N–H and O–H groups in total. The number of rotatable bonds is 6. The van der Waals surface area contributed by atoms with Crippen LogP contribution in [0.3, 0.4) is 0 Å². The fourth-order valence-electron chi connectivity index (χ4n) is 3.50. The van der Waals surface area contributed by atoms with E-state index in [0.29, 0.717) is 6.07 Å². The molecule has 0 amide bonds. The fraction of sp³-hybridized carbons (Fsp3) is 0.250. The van der Waals surface area contributed by atoms with Crippen LogP contribution in [0.4, 0.5) is 22.0 Å². The maximum atomic E-state index is 14.7. The van der Waals surface area contributed by atoms with E-state index in [2.05, 4.69) is 20.5 Å². The number of hydrogen-bond donors (Lipinski definition) is 1. The van der Waals surface area contributed by atoms with E-state index in [1.807, 2.05) is 0 Å². The second kappa shape index (κ2) is 8.44. The van der Waals surface area contributed by atoms with Gasteiger partial charge in [-0.1, -0.05) is 6.07 Å². The maximum absolute atomic E-state index is 14.7. The van der Waals surface area contributed by atoms with Crippen LogP contribution in [0.1, 0.15) is 24.1 Å². The van der Waals surface area contributed by atoms with E-state index in [1.165, 1.54) is 24.3 Å². The van der Waals surface area contributed by atoms with Gasteiger partial charge in [0.05, 0.1) is 23.8 Å². The Kier molecular flexibility index (Phi) is 5.77. The summed E-state index contributed by atoms with van der Waals surface area (Å²) >= 11 is 0. The number of alkyl halides is 3. The molecule has 0 fully saturated rings. The van der Waals surface area contributed by atoms with E-state index < -0.39 is 47.3 Å². The lowest BCUT2D eigenvalue weighted by Gasteiger charge is -2.33. The van der Waals surface area contributed by atoms with Crippen molar-refractivity contribution in [2.75, 3.05) is 0 Å². The van der Waals surface area contributed by atoms with E-state index >= 15 is 0 Å². The highest BCUT2D eigenvalue weighted by atomic mass is 19.4. The van der Waals surface area contributed by atoms with Gasteiger partial charge >= 0.3 is 11.9 Å². The second-order valence-electron chi connectivity index (χ2n) is 7.48. The highest BCUT2D eigenvalue weighted by molar-refractivity contribution is 5.34. The smallest absolute Gasteiger partial charge is 0.381 e. The number of hydrogen-bond acceptors (Lipinski definition) is 6. The monoisotopic (exact) mass is 481 g/mol. The number of nitrogens with zero attached hydrogens (tertiary/aromatic N) is 7. The lowest BCUT2D eigenvalue weighted by atomic mass is 9.86. The first-order valence-corrected chi connectivity index (χ1v) is 9.73. The molecule has 4 rings (SSSR count). The van der Waals surface area contributed by atoms with Gasteiger partial charge in [0.25, 0.3) is 0 Å². The topological polar surface area (TPSA) is 104 Å². The summed E-state index contributed by atoms with van der Waals surface area (Å²) < 4.78 is 69.3. The quantitative estimate of drug-likeness (QED) is 0.425. The van der Waals surface area contributed by atoms with Crippen LogP contribution < -0.4 is 5.69 Å². The number of benzene rings is 2. The minimum absolute atomic E-state index is 0.00997. The van der Waals surface area contributed by atoms with Crippen LogP contribution in [0.25, 0.3) is 5.69 Å².